The number of methoxy groups -OCH3 is 1. The molecule has 1 N–H and O–H groups in total. The number of carbonyl (C=O) groups excluding carboxylic acids is 1. The Hall–Kier alpha value is -2.40. The molecule has 1 saturated heterocycles. The van der Waals surface area contributed by atoms with Gasteiger partial charge in [-0.1, -0.05) is 24.3 Å². The van der Waals surface area contributed by atoms with Gasteiger partial charge in [0.15, 0.2) is 0 Å². The summed E-state index contributed by atoms with van der Waals surface area (Å²) in [7, 11) is 1.63. The van der Waals surface area contributed by atoms with Crippen LogP contribution in [-0.4, -0.2) is 36.2 Å². The third kappa shape index (κ3) is 4.20. The lowest BCUT2D eigenvalue weighted by Crippen LogP contribution is -2.47. The van der Waals surface area contributed by atoms with Gasteiger partial charge in [-0.25, -0.2) is 4.39 Å². The zero-order valence-electron chi connectivity index (χ0n) is 16.5. The second-order valence-electron chi connectivity index (χ2n) is 7.58. The van der Waals surface area contributed by atoms with Crippen molar-refractivity contribution in [3.05, 3.63) is 65.5 Å². The molecule has 150 valence electrons. The predicted molar refractivity (Wildman–Crippen MR) is 107 cm³/mol. The molecule has 2 aromatic rings. The summed E-state index contributed by atoms with van der Waals surface area (Å²) in [6.45, 7) is 2.76. The summed E-state index contributed by atoms with van der Waals surface area (Å²) < 4.78 is 18.6. The molecule has 0 spiro atoms. The van der Waals surface area contributed by atoms with Gasteiger partial charge < -0.3 is 14.7 Å². The SMILES string of the molecule is COc1ccc([C@H](C)N2CCC(CCCO)(c3ccc(F)cc3)CC2=O)cc1. The molecule has 1 amide bonds. The first-order valence-electron chi connectivity index (χ1n) is 9.79. The second kappa shape index (κ2) is 8.74. The average Bonchev–Trinajstić information content (AvgIpc) is 2.72. The maximum Gasteiger partial charge on any atom is 0.223 e. The van der Waals surface area contributed by atoms with Crippen molar-refractivity contribution in [3.8, 4) is 5.75 Å². The van der Waals surface area contributed by atoms with Crippen LogP contribution in [-0.2, 0) is 10.2 Å². The third-order valence-corrected chi connectivity index (χ3v) is 5.98. The largest absolute Gasteiger partial charge is 0.497 e. The number of likely N-dealkylation sites (tertiary alicyclic amines) is 1. The minimum absolute atomic E-state index is 0.0255. The molecule has 1 unspecified atom stereocenters. The number of aliphatic hydroxyl groups is 1. The fourth-order valence-electron chi connectivity index (χ4n) is 4.24. The quantitative estimate of drug-likeness (QED) is 0.776. The van der Waals surface area contributed by atoms with Crippen LogP contribution in [0.15, 0.2) is 48.5 Å². The van der Waals surface area contributed by atoms with Crippen molar-refractivity contribution >= 4 is 5.91 Å². The molecule has 2 atom stereocenters. The molecule has 0 aliphatic carbocycles. The van der Waals surface area contributed by atoms with Gasteiger partial charge >= 0.3 is 0 Å². The van der Waals surface area contributed by atoms with Crippen LogP contribution in [0.5, 0.6) is 5.75 Å². The first-order valence-corrected chi connectivity index (χ1v) is 9.79. The van der Waals surface area contributed by atoms with E-state index in [0.29, 0.717) is 25.8 Å². The van der Waals surface area contributed by atoms with Gasteiger partial charge in [0, 0.05) is 25.0 Å². The lowest BCUT2D eigenvalue weighted by Gasteiger charge is -2.44. The number of rotatable bonds is 7. The van der Waals surface area contributed by atoms with Crippen molar-refractivity contribution in [1.82, 2.24) is 4.90 Å². The standard InChI is InChI=1S/C23H28FNO3/c1-17(18-4-10-21(28-2)11-5-18)25-14-13-23(12-3-15-26,16-22(25)27)19-6-8-20(24)9-7-19/h4-11,17,26H,3,12-16H2,1-2H3/t17-,23?/m0/s1. The predicted octanol–water partition coefficient (Wildman–Crippen LogP) is 4.23. The summed E-state index contributed by atoms with van der Waals surface area (Å²) in [5, 5.41) is 9.33. The Morgan fingerprint density at radius 1 is 1.18 bits per heavy atom. The zero-order chi connectivity index (χ0) is 20.1. The van der Waals surface area contributed by atoms with Crippen molar-refractivity contribution in [3.63, 3.8) is 0 Å². The summed E-state index contributed by atoms with van der Waals surface area (Å²) in [4.78, 5) is 15.0. The van der Waals surface area contributed by atoms with Crippen LogP contribution in [0.25, 0.3) is 0 Å². The molecule has 0 radical (unpaired) electrons. The summed E-state index contributed by atoms with van der Waals surface area (Å²) in [6.07, 6.45) is 2.51. The number of hydrogen-bond donors (Lipinski definition) is 1. The number of nitrogens with zero attached hydrogens (tertiary/aromatic N) is 1. The van der Waals surface area contributed by atoms with E-state index >= 15 is 0 Å². The van der Waals surface area contributed by atoms with Crippen LogP contribution in [0.2, 0.25) is 0 Å². The molecule has 28 heavy (non-hydrogen) atoms. The van der Waals surface area contributed by atoms with Crippen LogP contribution in [0, 0.1) is 5.82 Å². The molecule has 1 fully saturated rings. The van der Waals surface area contributed by atoms with Gasteiger partial charge in [-0.05, 0) is 61.6 Å². The van der Waals surface area contributed by atoms with E-state index in [1.807, 2.05) is 36.1 Å². The highest BCUT2D eigenvalue weighted by molar-refractivity contribution is 5.79. The van der Waals surface area contributed by atoms with E-state index in [-0.39, 0.29) is 29.8 Å². The average molecular weight is 385 g/mol. The fraction of sp³-hybridized carbons (Fsp3) is 0.435. The van der Waals surface area contributed by atoms with Crippen LogP contribution >= 0.6 is 0 Å². The highest BCUT2D eigenvalue weighted by Crippen LogP contribution is 2.42. The number of benzene rings is 2. The van der Waals surface area contributed by atoms with Crippen molar-refractivity contribution in [2.24, 2.45) is 0 Å². The van der Waals surface area contributed by atoms with E-state index in [0.717, 1.165) is 23.3 Å². The molecular weight excluding hydrogens is 357 g/mol. The molecule has 4 nitrogen and oxygen atoms in total. The first-order chi connectivity index (χ1) is 13.5. The van der Waals surface area contributed by atoms with Gasteiger partial charge in [0.1, 0.15) is 11.6 Å². The minimum atomic E-state index is -0.344. The minimum Gasteiger partial charge on any atom is -0.497 e. The molecule has 0 saturated carbocycles. The number of halogens is 1. The summed E-state index contributed by atoms with van der Waals surface area (Å²) in [6, 6.07) is 14.2. The maximum atomic E-state index is 13.4. The van der Waals surface area contributed by atoms with E-state index in [9.17, 15) is 14.3 Å². The Kier molecular flexibility index (Phi) is 6.35. The Morgan fingerprint density at radius 2 is 1.86 bits per heavy atom. The smallest absolute Gasteiger partial charge is 0.223 e. The lowest BCUT2D eigenvalue weighted by atomic mass is 9.69. The molecule has 1 aliphatic rings. The van der Waals surface area contributed by atoms with Gasteiger partial charge in [-0.3, -0.25) is 4.79 Å². The molecule has 2 aromatic carbocycles. The number of amides is 1. The van der Waals surface area contributed by atoms with Crippen LogP contribution < -0.4 is 4.74 Å². The number of carbonyl (C=O) groups is 1. The molecular formula is C23H28FNO3. The Morgan fingerprint density at radius 3 is 2.43 bits per heavy atom. The highest BCUT2D eigenvalue weighted by atomic mass is 19.1. The van der Waals surface area contributed by atoms with Gasteiger partial charge in [0.05, 0.1) is 13.2 Å². The summed E-state index contributed by atoms with van der Waals surface area (Å²) in [5.74, 6) is 0.607. The van der Waals surface area contributed by atoms with Gasteiger partial charge in [0.2, 0.25) is 5.91 Å². The van der Waals surface area contributed by atoms with E-state index in [2.05, 4.69) is 0 Å². The van der Waals surface area contributed by atoms with Crippen molar-refractivity contribution in [2.45, 2.75) is 44.1 Å². The Balaban J connectivity index is 1.80. The summed E-state index contributed by atoms with van der Waals surface area (Å²) in [5.41, 5.74) is 1.70. The van der Waals surface area contributed by atoms with Gasteiger partial charge in [-0.2, -0.15) is 0 Å². The number of ether oxygens (including phenoxy) is 1. The molecule has 0 bridgehead atoms. The normalized spacial score (nSPS) is 20.9. The van der Waals surface area contributed by atoms with Crippen molar-refractivity contribution in [1.29, 1.82) is 0 Å². The number of hydrogen-bond acceptors (Lipinski definition) is 3. The van der Waals surface area contributed by atoms with E-state index in [4.69, 9.17) is 4.74 Å². The number of aliphatic hydroxyl groups excluding tert-OH is 1. The highest BCUT2D eigenvalue weighted by Gasteiger charge is 2.41. The fourth-order valence-corrected chi connectivity index (χ4v) is 4.24. The van der Waals surface area contributed by atoms with Crippen LogP contribution in [0.3, 0.4) is 0 Å². The molecule has 0 aromatic heterocycles. The van der Waals surface area contributed by atoms with Gasteiger partial charge in [-0.15, -0.1) is 0 Å². The third-order valence-electron chi connectivity index (χ3n) is 5.98. The zero-order valence-corrected chi connectivity index (χ0v) is 16.5. The maximum absolute atomic E-state index is 13.4. The lowest BCUT2D eigenvalue weighted by molar-refractivity contribution is -0.138. The monoisotopic (exact) mass is 385 g/mol. The van der Waals surface area contributed by atoms with E-state index in [1.54, 1.807) is 19.2 Å². The van der Waals surface area contributed by atoms with Crippen molar-refractivity contribution in [2.75, 3.05) is 20.3 Å². The van der Waals surface area contributed by atoms with Crippen molar-refractivity contribution < 1.29 is 19.0 Å². The molecule has 1 heterocycles. The summed E-state index contributed by atoms with van der Waals surface area (Å²) >= 11 is 0. The van der Waals surface area contributed by atoms with E-state index < -0.39 is 0 Å². The van der Waals surface area contributed by atoms with E-state index in [1.165, 1.54) is 12.1 Å². The Labute approximate surface area is 165 Å². The number of piperidine rings is 1. The first kappa shape index (κ1) is 20.3. The molecule has 5 heteroatoms. The van der Waals surface area contributed by atoms with Crippen LogP contribution in [0.1, 0.15) is 49.8 Å². The molecule has 3 rings (SSSR count). The Bertz CT molecular complexity index is 790. The molecule has 1 aliphatic heterocycles. The van der Waals surface area contributed by atoms with Gasteiger partial charge in [0.25, 0.3) is 0 Å². The van der Waals surface area contributed by atoms with Crippen LogP contribution in [0.4, 0.5) is 4.39 Å². The second-order valence-corrected chi connectivity index (χ2v) is 7.58. The topological polar surface area (TPSA) is 49.8 Å².